The Morgan fingerprint density at radius 1 is 0.771 bits per heavy atom. The Hall–Kier alpha value is -2.65. The summed E-state index contributed by atoms with van der Waals surface area (Å²) < 4.78 is 15.8. The van der Waals surface area contributed by atoms with Crippen molar-refractivity contribution in [3.8, 4) is 0 Å². The summed E-state index contributed by atoms with van der Waals surface area (Å²) >= 11 is 0. The van der Waals surface area contributed by atoms with E-state index in [9.17, 15) is 19.2 Å². The first kappa shape index (κ1) is 32.4. The number of nitrogens with zero attached hydrogens (tertiary/aromatic N) is 1. The van der Waals surface area contributed by atoms with Gasteiger partial charge in [-0.1, -0.05) is 13.8 Å². The first-order valence-corrected chi connectivity index (χ1v) is 12.0. The molecule has 0 aliphatic carbocycles. The third kappa shape index (κ3) is 17.4. The minimum Gasteiger partial charge on any atom is -0.460 e. The molecule has 0 aromatic rings. The molecular weight excluding hydrogens is 454 g/mol. The zero-order valence-corrected chi connectivity index (χ0v) is 23.3. The van der Waals surface area contributed by atoms with Gasteiger partial charge in [-0.15, -0.1) is 0 Å². The van der Waals surface area contributed by atoms with Crippen LogP contribution in [0.1, 0.15) is 95.4 Å². The molecule has 10 nitrogen and oxygen atoms in total. The zero-order chi connectivity index (χ0) is 27.6. The lowest BCUT2D eigenvalue weighted by molar-refractivity contribution is -0.153. The Balaban J connectivity index is 5.32. The Bertz CT molecular complexity index is 737. The van der Waals surface area contributed by atoms with Crippen molar-refractivity contribution in [2.75, 3.05) is 6.54 Å². The predicted octanol–water partition coefficient (Wildman–Crippen LogP) is 4.54. The van der Waals surface area contributed by atoms with Gasteiger partial charge in [0.1, 0.15) is 29.1 Å². The van der Waals surface area contributed by atoms with Crippen LogP contribution < -0.4 is 10.6 Å². The van der Waals surface area contributed by atoms with E-state index in [4.69, 9.17) is 14.2 Å². The van der Waals surface area contributed by atoms with Crippen LogP contribution in [0, 0.1) is 5.92 Å². The van der Waals surface area contributed by atoms with Gasteiger partial charge in [0.15, 0.2) is 5.78 Å². The SMILES string of the molecule is CC(C)C(=O)C(CCCN=C(CC(=O)OC(C)(C)C)NC(=O)OC(C)(C)C)NC(=O)OC(C)(C)C. The Morgan fingerprint density at radius 3 is 1.71 bits per heavy atom. The molecule has 0 aromatic carbocycles. The predicted molar refractivity (Wildman–Crippen MR) is 134 cm³/mol. The number of esters is 1. The number of amides is 2. The molecule has 0 aliphatic rings. The number of nitrogens with one attached hydrogen (secondary N) is 2. The number of carbonyl (C=O) groups is 4. The minimum atomic E-state index is -0.742. The van der Waals surface area contributed by atoms with Gasteiger partial charge in [-0.2, -0.15) is 0 Å². The van der Waals surface area contributed by atoms with E-state index >= 15 is 0 Å². The van der Waals surface area contributed by atoms with Gasteiger partial charge < -0.3 is 19.5 Å². The molecule has 1 atom stereocenters. The summed E-state index contributed by atoms with van der Waals surface area (Å²) in [6.45, 7) is 19.3. The molecule has 0 fully saturated rings. The van der Waals surface area contributed by atoms with Crippen molar-refractivity contribution in [3.05, 3.63) is 0 Å². The summed E-state index contributed by atoms with van der Waals surface area (Å²) in [5.74, 6) is -0.859. The van der Waals surface area contributed by atoms with Crippen LogP contribution in [0.2, 0.25) is 0 Å². The average Bonchev–Trinajstić information content (AvgIpc) is 2.58. The molecule has 2 amide bonds. The lowest BCUT2D eigenvalue weighted by atomic mass is 9.98. The fourth-order valence-corrected chi connectivity index (χ4v) is 2.72. The van der Waals surface area contributed by atoms with Crippen molar-refractivity contribution < 1.29 is 33.4 Å². The maximum absolute atomic E-state index is 12.6. The van der Waals surface area contributed by atoms with E-state index in [2.05, 4.69) is 15.6 Å². The van der Waals surface area contributed by atoms with Crippen molar-refractivity contribution in [1.29, 1.82) is 0 Å². The van der Waals surface area contributed by atoms with Gasteiger partial charge in [0.05, 0.1) is 6.04 Å². The van der Waals surface area contributed by atoms with Gasteiger partial charge in [-0.3, -0.25) is 19.9 Å². The van der Waals surface area contributed by atoms with Crippen molar-refractivity contribution >= 4 is 29.8 Å². The maximum atomic E-state index is 12.6. The van der Waals surface area contributed by atoms with Crippen molar-refractivity contribution in [1.82, 2.24) is 10.6 Å². The lowest BCUT2D eigenvalue weighted by Crippen LogP contribution is -2.45. The number of aliphatic imine (C=N–C) groups is 1. The molecule has 0 aliphatic heterocycles. The molecule has 202 valence electrons. The normalized spacial score (nSPS) is 13.7. The van der Waals surface area contributed by atoms with Gasteiger partial charge in [0.25, 0.3) is 0 Å². The highest BCUT2D eigenvalue weighted by molar-refractivity contribution is 6.04. The summed E-state index contributed by atoms with van der Waals surface area (Å²) in [4.78, 5) is 53.6. The van der Waals surface area contributed by atoms with Crippen LogP contribution >= 0.6 is 0 Å². The topological polar surface area (TPSA) is 132 Å². The molecule has 0 saturated carbocycles. The fraction of sp³-hybridized carbons (Fsp3) is 0.800. The van der Waals surface area contributed by atoms with E-state index in [1.165, 1.54) is 0 Å². The van der Waals surface area contributed by atoms with Crippen LogP contribution in [0.25, 0.3) is 0 Å². The summed E-state index contributed by atoms with van der Waals surface area (Å²) in [6.07, 6.45) is -0.934. The summed E-state index contributed by atoms with van der Waals surface area (Å²) in [6, 6.07) is -0.742. The standard InChI is InChI=1S/C25H45N3O7/c1-16(2)20(30)17(27-21(31)34-24(6,7)8)13-12-14-26-18(15-19(29)33-23(3,4)5)28-22(32)35-25(9,10)11/h16-17H,12-15H2,1-11H3,(H,27,31)(H,26,28,32). The van der Waals surface area contributed by atoms with Gasteiger partial charge in [-0.05, 0) is 75.2 Å². The number of Topliss-reactive ketones (excluding diaryl/α,β-unsaturated/α-hetero) is 1. The van der Waals surface area contributed by atoms with E-state index in [0.717, 1.165) is 0 Å². The number of ketones is 1. The largest absolute Gasteiger partial charge is 0.460 e. The second kappa shape index (κ2) is 13.4. The number of rotatable bonds is 9. The average molecular weight is 500 g/mol. The van der Waals surface area contributed by atoms with Crippen LogP contribution in [0.5, 0.6) is 0 Å². The van der Waals surface area contributed by atoms with E-state index < -0.39 is 41.0 Å². The summed E-state index contributed by atoms with van der Waals surface area (Å²) in [5, 5.41) is 5.14. The molecule has 10 heteroatoms. The Labute approximate surface area is 209 Å². The molecule has 1 unspecified atom stereocenters. The molecule has 0 aromatic heterocycles. The number of hydrogen-bond acceptors (Lipinski definition) is 8. The van der Waals surface area contributed by atoms with Crippen molar-refractivity contribution in [2.24, 2.45) is 10.9 Å². The van der Waals surface area contributed by atoms with Crippen molar-refractivity contribution in [2.45, 2.75) is 118 Å². The molecule has 0 rings (SSSR count). The lowest BCUT2D eigenvalue weighted by Gasteiger charge is -2.24. The van der Waals surface area contributed by atoms with E-state index in [0.29, 0.717) is 12.8 Å². The quantitative estimate of drug-likeness (QED) is 0.156. The first-order chi connectivity index (χ1) is 15.7. The van der Waals surface area contributed by atoms with Crippen LogP contribution in [0.4, 0.5) is 9.59 Å². The summed E-state index contributed by atoms with van der Waals surface area (Å²) in [5.41, 5.74) is -2.10. The molecule has 35 heavy (non-hydrogen) atoms. The third-order valence-electron chi connectivity index (χ3n) is 3.93. The number of amidine groups is 1. The van der Waals surface area contributed by atoms with Crippen LogP contribution in [0.3, 0.4) is 0 Å². The van der Waals surface area contributed by atoms with Crippen LogP contribution in [-0.4, -0.2) is 59.2 Å². The monoisotopic (exact) mass is 499 g/mol. The van der Waals surface area contributed by atoms with Crippen LogP contribution in [-0.2, 0) is 23.8 Å². The first-order valence-electron chi connectivity index (χ1n) is 12.0. The van der Waals surface area contributed by atoms with Gasteiger partial charge in [0.2, 0.25) is 0 Å². The molecule has 0 saturated heterocycles. The molecular formula is C25H45N3O7. The number of alkyl carbamates (subject to hydrolysis) is 2. The number of ether oxygens (including phenoxy) is 3. The van der Waals surface area contributed by atoms with Crippen molar-refractivity contribution in [3.63, 3.8) is 0 Å². The number of carbonyl (C=O) groups excluding carboxylic acids is 4. The van der Waals surface area contributed by atoms with Gasteiger partial charge in [0, 0.05) is 12.5 Å². The van der Waals surface area contributed by atoms with Gasteiger partial charge >= 0.3 is 18.2 Å². The Kier molecular flexibility index (Phi) is 12.4. The van der Waals surface area contributed by atoms with E-state index in [1.807, 2.05) is 0 Å². The van der Waals surface area contributed by atoms with Gasteiger partial charge in [-0.25, -0.2) is 9.59 Å². The zero-order valence-electron chi connectivity index (χ0n) is 23.3. The summed E-state index contributed by atoms with van der Waals surface area (Å²) in [7, 11) is 0. The second-order valence-corrected chi connectivity index (χ2v) is 11.6. The molecule has 0 radical (unpaired) electrons. The highest BCUT2D eigenvalue weighted by Crippen LogP contribution is 2.12. The molecule has 0 bridgehead atoms. The Morgan fingerprint density at radius 2 is 1.26 bits per heavy atom. The van der Waals surface area contributed by atoms with E-state index in [1.54, 1.807) is 76.2 Å². The van der Waals surface area contributed by atoms with E-state index in [-0.39, 0.29) is 30.5 Å². The molecule has 0 spiro atoms. The smallest absolute Gasteiger partial charge is 0.413 e. The molecule has 2 N–H and O–H groups in total. The highest BCUT2D eigenvalue weighted by atomic mass is 16.6. The fourth-order valence-electron chi connectivity index (χ4n) is 2.72. The second-order valence-electron chi connectivity index (χ2n) is 11.6. The van der Waals surface area contributed by atoms with Crippen LogP contribution in [0.15, 0.2) is 4.99 Å². The number of hydrogen-bond donors (Lipinski definition) is 2. The molecule has 0 heterocycles. The highest BCUT2D eigenvalue weighted by Gasteiger charge is 2.26. The maximum Gasteiger partial charge on any atom is 0.413 e. The minimum absolute atomic E-state index is 0.0975. The third-order valence-corrected chi connectivity index (χ3v) is 3.93.